The first-order chi connectivity index (χ1) is 24.1. The Hall–Kier alpha value is -5.34. The molecule has 0 saturated heterocycles. The van der Waals surface area contributed by atoms with Crippen molar-refractivity contribution in [2.24, 2.45) is 0 Å². The maximum Gasteiger partial charge on any atom is 0.0619 e. The quantitative estimate of drug-likeness (QED) is 0.119. The van der Waals surface area contributed by atoms with E-state index in [0.717, 1.165) is 11.4 Å². The Labute approximate surface area is 298 Å². The fraction of sp³-hybridized carbons (Fsp3) is 0.208. The van der Waals surface area contributed by atoms with E-state index in [0.29, 0.717) is 11.8 Å². The molecule has 250 valence electrons. The molecule has 0 saturated carbocycles. The lowest BCUT2D eigenvalue weighted by Crippen LogP contribution is -2.15. The molecular formula is C48H48N2. The van der Waals surface area contributed by atoms with E-state index < -0.39 is 0 Å². The molecule has 7 aromatic carbocycles. The number of anilines is 6. The van der Waals surface area contributed by atoms with Gasteiger partial charge in [-0.05, 0) is 121 Å². The number of benzene rings is 7. The van der Waals surface area contributed by atoms with E-state index in [2.05, 4.69) is 199 Å². The predicted molar refractivity (Wildman–Crippen MR) is 218 cm³/mol. The standard InChI is InChI=1S/C48H48N2/c1-31(2)37-17-21-39(22-18-37)49(41-27-33(5)25-34(6)28-41)47-43-13-9-11-15-45(43)48(46-16-12-10-14-44(46)47)50(42-29-35(7)26-36(8)30-42)40-23-19-38(20-24-40)32(3)4/h9-32H,1-8H3. The van der Waals surface area contributed by atoms with Crippen LogP contribution in [0.25, 0.3) is 21.5 Å². The number of aryl methyl sites for hydroxylation is 4. The highest BCUT2D eigenvalue weighted by Gasteiger charge is 2.26. The molecule has 0 radical (unpaired) electrons. The number of hydrogen-bond acceptors (Lipinski definition) is 2. The molecule has 0 aromatic heterocycles. The highest BCUT2D eigenvalue weighted by Crippen LogP contribution is 2.51. The van der Waals surface area contributed by atoms with Crippen LogP contribution in [0.4, 0.5) is 34.1 Å². The van der Waals surface area contributed by atoms with Gasteiger partial charge < -0.3 is 9.80 Å². The summed E-state index contributed by atoms with van der Waals surface area (Å²) >= 11 is 0. The molecule has 0 atom stereocenters. The average Bonchev–Trinajstić information content (AvgIpc) is 3.09. The summed E-state index contributed by atoms with van der Waals surface area (Å²) in [4.78, 5) is 4.97. The van der Waals surface area contributed by atoms with Gasteiger partial charge in [0.1, 0.15) is 0 Å². The molecule has 0 heterocycles. The molecule has 7 rings (SSSR count). The van der Waals surface area contributed by atoms with Gasteiger partial charge in [-0.2, -0.15) is 0 Å². The highest BCUT2D eigenvalue weighted by atomic mass is 15.2. The zero-order chi connectivity index (χ0) is 35.1. The highest BCUT2D eigenvalue weighted by molar-refractivity contribution is 6.23. The summed E-state index contributed by atoms with van der Waals surface area (Å²) in [5.74, 6) is 0.927. The minimum absolute atomic E-state index is 0.463. The van der Waals surface area contributed by atoms with E-state index in [4.69, 9.17) is 0 Å². The molecule has 0 bridgehead atoms. The van der Waals surface area contributed by atoms with Crippen molar-refractivity contribution < 1.29 is 0 Å². The molecule has 2 nitrogen and oxygen atoms in total. The molecule has 7 aromatic rings. The van der Waals surface area contributed by atoms with Crippen molar-refractivity contribution in [3.8, 4) is 0 Å². The summed E-state index contributed by atoms with van der Waals surface area (Å²) in [6.07, 6.45) is 0. The van der Waals surface area contributed by atoms with Crippen LogP contribution in [0.2, 0.25) is 0 Å². The van der Waals surface area contributed by atoms with Crippen molar-refractivity contribution in [2.45, 2.75) is 67.2 Å². The zero-order valence-corrected chi connectivity index (χ0v) is 30.8. The second kappa shape index (κ2) is 13.5. The molecule has 0 aliphatic heterocycles. The summed E-state index contributed by atoms with van der Waals surface area (Å²) < 4.78 is 0. The van der Waals surface area contributed by atoms with Gasteiger partial charge >= 0.3 is 0 Å². The normalized spacial score (nSPS) is 11.6. The second-order valence-electron chi connectivity index (χ2n) is 14.6. The minimum Gasteiger partial charge on any atom is -0.309 e. The Kier molecular flexibility index (Phi) is 8.97. The van der Waals surface area contributed by atoms with Crippen molar-refractivity contribution in [3.05, 3.63) is 167 Å². The number of nitrogens with zero attached hydrogens (tertiary/aromatic N) is 2. The van der Waals surface area contributed by atoms with Crippen LogP contribution in [0.1, 0.15) is 72.9 Å². The molecule has 0 spiro atoms. The van der Waals surface area contributed by atoms with Gasteiger partial charge in [0.25, 0.3) is 0 Å². The van der Waals surface area contributed by atoms with Crippen molar-refractivity contribution >= 4 is 55.7 Å². The van der Waals surface area contributed by atoms with Crippen LogP contribution in [0.3, 0.4) is 0 Å². The third-order valence-corrected chi connectivity index (χ3v) is 9.89. The number of fused-ring (bicyclic) bond motifs is 2. The van der Waals surface area contributed by atoms with E-state index >= 15 is 0 Å². The molecule has 0 aliphatic carbocycles. The van der Waals surface area contributed by atoms with Crippen LogP contribution in [-0.2, 0) is 0 Å². The lowest BCUT2D eigenvalue weighted by molar-refractivity contribution is 0.866. The Morgan fingerprint density at radius 3 is 0.880 bits per heavy atom. The van der Waals surface area contributed by atoms with E-state index in [1.807, 2.05) is 0 Å². The third kappa shape index (κ3) is 6.27. The van der Waals surface area contributed by atoms with Gasteiger partial charge in [0.05, 0.1) is 11.4 Å². The monoisotopic (exact) mass is 652 g/mol. The molecule has 0 unspecified atom stereocenters. The van der Waals surface area contributed by atoms with E-state index in [-0.39, 0.29) is 0 Å². The number of hydrogen-bond donors (Lipinski definition) is 0. The lowest BCUT2D eigenvalue weighted by Gasteiger charge is -2.33. The first-order valence-corrected chi connectivity index (χ1v) is 18.0. The fourth-order valence-electron chi connectivity index (χ4n) is 7.55. The largest absolute Gasteiger partial charge is 0.309 e. The molecule has 0 amide bonds. The maximum absolute atomic E-state index is 2.48. The zero-order valence-electron chi connectivity index (χ0n) is 30.8. The van der Waals surface area contributed by atoms with Crippen LogP contribution in [0, 0.1) is 27.7 Å². The van der Waals surface area contributed by atoms with Gasteiger partial charge in [0, 0.05) is 44.3 Å². The summed E-state index contributed by atoms with van der Waals surface area (Å²) in [6, 6.07) is 50.1. The van der Waals surface area contributed by atoms with Crippen LogP contribution in [0.5, 0.6) is 0 Å². The van der Waals surface area contributed by atoms with Crippen molar-refractivity contribution in [1.82, 2.24) is 0 Å². The summed E-state index contributed by atoms with van der Waals surface area (Å²) in [7, 11) is 0. The Bertz CT molecular complexity index is 2050. The topological polar surface area (TPSA) is 6.48 Å². The summed E-state index contributed by atoms with van der Waals surface area (Å²) in [6.45, 7) is 17.8. The first kappa shape index (κ1) is 33.2. The second-order valence-corrected chi connectivity index (χ2v) is 14.6. The van der Waals surface area contributed by atoms with Crippen molar-refractivity contribution in [1.29, 1.82) is 0 Å². The molecule has 0 aliphatic rings. The van der Waals surface area contributed by atoms with Gasteiger partial charge in [0.15, 0.2) is 0 Å². The molecular weight excluding hydrogens is 605 g/mol. The van der Waals surface area contributed by atoms with Gasteiger partial charge in [-0.15, -0.1) is 0 Å². The first-order valence-electron chi connectivity index (χ1n) is 18.0. The predicted octanol–water partition coefficient (Wildman–Crippen LogP) is 14.4. The Morgan fingerprint density at radius 1 is 0.340 bits per heavy atom. The van der Waals surface area contributed by atoms with Gasteiger partial charge in [-0.25, -0.2) is 0 Å². The fourth-order valence-corrected chi connectivity index (χ4v) is 7.55. The van der Waals surface area contributed by atoms with E-state index in [1.54, 1.807) is 0 Å². The van der Waals surface area contributed by atoms with Crippen molar-refractivity contribution in [2.75, 3.05) is 9.80 Å². The smallest absolute Gasteiger partial charge is 0.0619 e. The minimum atomic E-state index is 0.463. The van der Waals surface area contributed by atoms with Crippen LogP contribution in [-0.4, -0.2) is 0 Å². The lowest BCUT2D eigenvalue weighted by atomic mass is 9.94. The van der Waals surface area contributed by atoms with Gasteiger partial charge in [-0.1, -0.05) is 113 Å². The summed E-state index contributed by atoms with van der Waals surface area (Å²) in [5.41, 5.74) is 14.7. The van der Waals surface area contributed by atoms with Crippen LogP contribution in [0.15, 0.2) is 133 Å². The van der Waals surface area contributed by atoms with Gasteiger partial charge in [0.2, 0.25) is 0 Å². The average molecular weight is 653 g/mol. The Morgan fingerprint density at radius 2 is 0.620 bits per heavy atom. The van der Waals surface area contributed by atoms with Crippen molar-refractivity contribution in [3.63, 3.8) is 0 Å². The maximum atomic E-state index is 2.48. The summed E-state index contributed by atoms with van der Waals surface area (Å²) in [5, 5.41) is 4.84. The number of rotatable bonds is 8. The molecule has 0 N–H and O–H groups in total. The Balaban J connectivity index is 1.59. The van der Waals surface area contributed by atoms with E-state index in [9.17, 15) is 0 Å². The SMILES string of the molecule is Cc1cc(C)cc(N(c2ccc(C(C)C)cc2)c2c3ccccc3c(N(c3ccc(C(C)C)cc3)c3cc(C)cc(C)c3)c3ccccc23)c1. The third-order valence-electron chi connectivity index (χ3n) is 9.89. The molecule has 0 fully saturated rings. The van der Waals surface area contributed by atoms with Crippen LogP contribution < -0.4 is 9.80 Å². The molecule has 50 heavy (non-hydrogen) atoms. The van der Waals surface area contributed by atoms with E-state index in [1.165, 1.54) is 77.7 Å². The molecule has 2 heteroatoms. The van der Waals surface area contributed by atoms with Gasteiger partial charge in [-0.3, -0.25) is 0 Å². The van der Waals surface area contributed by atoms with Crippen LogP contribution >= 0.6 is 0 Å².